The summed E-state index contributed by atoms with van der Waals surface area (Å²) in [4.78, 5) is 26.2. The van der Waals surface area contributed by atoms with Gasteiger partial charge in [-0.15, -0.1) is 0 Å². The van der Waals surface area contributed by atoms with Gasteiger partial charge in [0, 0.05) is 20.1 Å². The predicted octanol–water partition coefficient (Wildman–Crippen LogP) is 4.12. The Kier molecular flexibility index (Phi) is 5.13. The molecule has 1 aliphatic heterocycles. The summed E-state index contributed by atoms with van der Waals surface area (Å²) in [5, 5.41) is 0.690. The first-order valence-electron chi connectivity index (χ1n) is 9.93. The highest BCUT2D eigenvalue weighted by Crippen LogP contribution is 2.35. The monoisotopic (exact) mass is 394 g/mol. The van der Waals surface area contributed by atoms with E-state index >= 15 is 0 Å². The number of ether oxygens (including phenoxy) is 1. The molecule has 0 N–H and O–H groups in total. The summed E-state index contributed by atoms with van der Waals surface area (Å²) in [5.74, 6) is 1.80. The van der Waals surface area contributed by atoms with Gasteiger partial charge in [-0.25, -0.2) is 9.97 Å². The number of fused-ring (bicyclic) bond motifs is 1. The fraction of sp³-hybridized carbons (Fsp3) is 0.409. The van der Waals surface area contributed by atoms with Crippen molar-refractivity contribution in [2.75, 3.05) is 37.0 Å². The lowest BCUT2D eigenvalue weighted by Gasteiger charge is -2.28. The summed E-state index contributed by atoms with van der Waals surface area (Å²) < 4.78 is 11.3. The minimum Gasteiger partial charge on any atom is -0.495 e. The molecular formula is C22H26N4O3. The third kappa shape index (κ3) is 3.41. The van der Waals surface area contributed by atoms with Gasteiger partial charge in [0.2, 0.25) is 5.71 Å². The summed E-state index contributed by atoms with van der Waals surface area (Å²) >= 11 is 0. The number of hydrogen-bond acceptors (Lipinski definition) is 6. The fourth-order valence-electron chi connectivity index (χ4n) is 3.97. The normalized spacial score (nSPS) is 14.3. The van der Waals surface area contributed by atoms with Crippen LogP contribution in [-0.4, -0.2) is 43.1 Å². The molecule has 3 aromatic rings. The van der Waals surface area contributed by atoms with Gasteiger partial charge in [0.1, 0.15) is 23.7 Å². The van der Waals surface area contributed by atoms with Gasteiger partial charge in [0.25, 0.3) is 5.91 Å². The summed E-state index contributed by atoms with van der Waals surface area (Å²) in [6.45, 7) is 5.63. The zero-order valence-corrected chi connectivity index (χ0v) is 17.4. The average molecular weight is 394 g/mol. The Balaban J connectivity index is 1.82. The molecule has 1 aromatic carbocycles. The number of anilines is 2. The van der Waals surface area contributed by atoms with Crippen molar-refractivity contribution in [2.45, 2.75) is 33.1 Å². The van der Waals surface area contributed by atoms with Crippen LogP contribution in [0.4, 0.5) is 11.5 Å². The number of carbonyl (C=O) groups excluding carboxylic acids is 1. The largest absolute Gasteiger partial charge is 0.495 e. The van der Waals surface area contributed by atoms with Crippen molar-refractivity contribution in [3.63, 3.8) is 0 Å². The first-order chi connectivity index (χ1) is 14.0. The second-order valence-corrected chi connectivity index (χ2v) is 7.50. The summed E-state index contributed by atoms with van der Waals surface area (Å²) in [6.07, 6.45) is 4.96. The molecule has 0 saturated carbocycles. The Morgan fingerprint density at radius 3 is 2.66 bits per heavy atom. The van der Waals surface area contributed by atoms with Crippen LogP contribution in [0.5, 0.6) is 5.75 Å². The smallest absolute Gasteiger partial charge is 0.262 e. The molecule has 3 heterocycles. The first-order valence-corrected chi connectivity index (χ1v) is 9.93. The van der Waals surface area contributed by atoms with Crippen LogP contribution in [0.3, 0.4) is 0 Å². The Hall–Kier alpha value is -3.09. The molecule has 1 saturated heterocycles. The molecule has 0 radical (unpaired) electrons. The highest BCUT2D eigenvalue weighted by molar-refractivity contribution is 6.16. The lowest BCUT2D eigenvalue weighted by atomic mass is 10.1. The Labute approximate surface area is 170 Å². The van der Waals surface area contributed by atoms with Crippen molar-refractivity contribution >= 4 is 28.5 Å². The van der Waals surface area contributed by atoms with E-state index in [9.17, 15) is 4.79 Å². The van der Waals surface area contributed by atoms with Gasteiger partial charge in [0.15, 0.2) is 0 Å². The predicted molar refractivity (Wildman–Crippen MR) is 113 cm³/mol. The van der Waals surface area contributed by atoms with Gasteiger partial charge >= 0.3 is 0 Å². The Morgan fingerprint density at radius 1 is 1.17 bits per heavy atom. The zero-order chi connectivity index (χ0) is 20.5. The second kappa shape index (κ2) is 7.73. The molecule has 0 spiro atoms. The van der Waals surface area contributed by atoms with Gasteiger partial charge < -0.3 is 19.0 Å². The molecule has 1 fully saturated rings. The van der Waals surface area contributed by atoms with Crippen molar-refractivity contribution in [3.05, 3.63) is 41.4 Å². The third-order valence-corrected chi connectivity index (χ3v) is 5.51. The summed E-state index contributed by atoms with van der Waals surface area (Å²) in [6, 6.07) is 5.77. The zero-order valence-electron chi connectivity index (χ0n) is 17.4. The van der Waals surface area contributed by atoms with E-state index in [2.05, 4.69) is 14.9 Å². The van der Waals surface area contributed by atoms with Gasteiger partial charge in [-0.05, 0) is 50.8 Å². The molecule has 2 aromatic heterocycles. The number of methoxy groups -OCH3 is 1. The number of hydrogen-bond donors (Lipinski definition) is 0. The average Bonchev–Trinajstić information content (AvgIpc) is 3.09. The number of furan rings is 1. The molecule has 0 unspecified atom stereocenters. The number of carbonyl (C=O) groups is 1. The van der Waals surface area contributed by atoms with Crippen LogP contribution < -0.4 is 14.5 Å². The van der Waals surface area contributed by atoms with Crippen LogP contribution >= 0.6 is 0 Å². The maximum atomic E-state index is 13.6. The van der Waals surface area contributed by atoms with E-state index in [4.69, 9.17) is 9.15 Å². The molecule has 1 aliphatic rings. The third-order valence-electron chi connectivity index (χ3n) is 5.51. The van der Waals surface area contributed by atoms with Crippen LogP contribution in [0, 0.1) is 13.8 Å². The van der Waals surface area contributed by atoms with E-state index in [0.717, 1.165) is 37.3 Å². The van der Waals surface area contributed by atoms with Gasteiger partial charge in [-0.1, -0.05) is 6.07 Å². The molecule has 0 atom stereocenters. The molecular weight excluding hydrogens is 368 g/mol. The van der Waals surface area contributed by atoms with Gasteiger partial charge in [0.05, 0.1) is 23.7 Å². The number of nitrogens with zero attached hydrogens (tertiary/aromatic N) is 4. The minimum absolute atomic E-state index is 0.168. The molecule has 7 nitrogen and oxygen atoms in total. The number of piperidine rings is 1. The maximum Gasteiger partial charge on any atom is 0.262 e. The lowest BCUT2D eigenvalue weighted by Crippen LogP contribution is -2.31. The first kappa shape index (κ1) is 19.2. The quantitative estimate of drug-likeness (QED) is 0.663. The number of aromatic nitrogens is 2. The number of benzene rings is 1. The van der Waals surface area contributed by atoms with Crippen LogP contribution in [0.15, 0.2) is 28.9 Å². The lowest BCUT2D eigenvalue weighted by molar-refractivity contribution is 0.0992. The van der Waals surface area contributed by atoms with Crippen LogP contribution in [0.25, 0.3) is 11.1 Å². The molecule has 29 heavy (non-hydrogen) atoms. The van der Waals surface area contributed by atoms with E-state index in [1.54, 1.807) is 26.0 Å². The molecule has 1 amide bonds. The van der Waals surface area contributed by atoms with Gasteiger partial charge in [-0.2, -0.15) is 0 Å². The number of amides is 1. The van der Waals surface area contributed by atoms with Crippen molar-refractivity contribution < 1.29 is 13.9 Å². The Morgan fingerprint density at radius 2 is 1.93 bits per heavy atom. The van der Waals surface area contributed by atoms with Crippen LogP contribution in [0.2, 0.25) is 0 Å². The van der Waals surface area contributed by atoms with E-state index < -0.39 is 0 Å². The highest BCUT2D eigenvalue weighted by Gasteiger charge is 2.29. The summed E-state index contributed by atoms with van der Waals surface area (Å²) in [7, 11) is 3.36. The van der Waals surface area contributed by atoms with E-state index in [1.807, 2.05) is 25.1 Å². The topological polar surface area (TPSA) is 71.7 Å². The molecule has 4 rings (SSSR count). The summed E-state index contributed by atoms with van der Waals surface area (Å²) in [5.41, 5.74) is 2.72. The van der Waals surface area contributed by atoms with E-state index in [0.29, 0.717) is 33.9 Å². The molecule has 0 aliphatic carbocycles. The standard InChI is InChI=1S/C22H26N4O3/c1-14-8-9-17(28-4)16(12-14)25(3)22(27)18-15(2)29-21-19(18)20(23-13-24-21)26-10-6-5-7-11-26/h8-9,12-13H,5-7,10-11H2,1-4H3. The van der Waals surface area contributed by atoms with Crippen LogP contribution in [-0.2, 0) is 0 Å². The van der Waals surface area contributed by atoms with Crippen molar-refractivity contribution in [1.82, 2.24) is 9.97 Å². The maximum absolute atomic E-state index is 13.6. The molecule has 152 valence electrons. The van der Waals surface area contributed by atoms with Crippen molar-refractivity contribution in [1.29, 1.82) is 0 Å². The Bertz CT molecular complexity index is 1050. The van der Waals surface area contributed by atoms with E-state index in [1.165, 1.54) is 12.7 Å². The highest BCUT2D eigenvalue weighted by atomic mass is 16.5. The SMILES string of the molecule is COc1ccc(C)cc1N(C)C(=O)c1c(C)oc2ncnc(N3CCCCC3)c12. The molecule has 0 bridgehead atoms. The van der Waals surface area contributed by atoms with E-state index in [-0.39, 0.29) is 5.91 Å². The van der Waals surface area contributed by atoms with Crippen molar-refractivity contribution in [3.8, 4) is 5.75 Å². The number of rotatable bonds is 4. The number of aryl methyl sites for hydroxylation is 2. The second-order valence-electron chi connectivity index (χ2n) is 7.50. The molecule has 7 heteroatoms. The fourth-order valence-corrected chi connectivity index (χ4v) is 3.97. The minimum atomic E-state index is -0.168. The van der Waals surface area contributed by atoms with Crippen molar-refractivity contribution in [2.24, 2.45) is 0 Å². The van der Waals surface area contributed by atoms with Crippen LogP contribution in [0.1, 0.15) is 40.9 Å². The van der Waals surface area contributed by atoms with Gasteiger partial charge in [-0.3, -0.25) is 4.79 Å².